The standard InChI is InChI=1S/C14H18Cl2FN3O3S/c15-11-6-10(17)7-12(16)13(11)24(22,23)20-5-1-2-9(8-20)14(21)19-4-3-18/h6-7,9H,1-5,8,18H2,(H,19,21). The lowest BCUT2D eigenvalue weighted by atomic mass is 9.99. The molecule has 1 amide bonds. The Labute approximate surface area is 150 Å². The van der Waals surface area contributed by atoms with Crippen LogP contribution in [0.3, 0.4) is 0 Å². The molecule has 6 nitrogen and oxygen atoms in total. The van der Waals surface area contributed by atoms with Gasteiger partial charge in [-0.1, -0.05) is 23.2 Å². The van der Waals surface area contributed by atoms with Crippen LogP contribution in [0.2, 0.25) is 10.0 Å². The van der Waals surface area contributed by atoms with Gasteiger partial charge in [0, 0.05) is 26.2 Å². The fourth-order valence-electron chi connectivity index (χ4n) is 2.62. The van der Waals surface area contributed by atoms with Crippen LogP contribution in [0, 0.1) is 11.7 Å². The fraction of sp³-hybridized carbons (Fsp3) is 0.500. The number of carbonyl (C=O) groups excluding carboxylic acids is 1. The maximum absolute atomic E-state index is 13.3. The minimum atomic E-state index is -4.03. The molecule has 2 rings (SSSR count). The number of piperidine rings is 1. The lowest BCUT2D eigenvalue weighted by Gasteiger charge is -2.31. The van der Waals surface area contributed by atoms with E-state index in [1.54, 1.807) is 0 Å². The van der Waals surface area contributed by atoms with E-state index in [2.05, 4.69) is 5.32 Å². The summed E-state index contributed by atoms with van der Waals surface area (Å²) in [5.41, 5.74) is 5.34. The summed E-state index contributed by atoms with van der Waals surface area (Å²) >= 11 is 11.8. The van der Waals surface area contributed by atoms with Gasteiger partial charge in [0.25, 0.3) is 0 Å². The number of amides is 1. The number of hydrogen-bond donors (Lipinski definition) is 2. The van der Waals surface area contributed by atoms with Crippen molar-refractivity contribution >= 4 is 39.1 Å². The van der Waals surface area contributed by atoms with Gasteiger partial charge in [-0.05, 0) is 25.0 Å². The van der Waals surface area contributed by atoms with Crippen molar-refractivity contribution in [1.82, 2.24) is 9.62 Å². The summed E-state index contributed by atoms with van der Waals surface area (Å²) in [7, 11) is -4.03. The molecule has 1 aliphatic rings. The van der Waals surface area contributed by atoms with Crippen molar-refractivity contribution in [3.8, 4) is 0 Å². The van der Waals surface area contributed by atoms with Crippen LogP contribution >= 0.6 is 23.2 Å². The van der Waals surface area contributed by atoms with E-state index in [-0.39, 0.29) is 33.9 Å². The first-order valence-electron chi connectivity index (χ1n) is 7.40. The third kappa shape index (κ3) is 4.18. The van der Waals surface area contributed by atoms with Crippen LogP contribution in [0.15, 0.2) is 17.0 Å². The lowest BCUT2D eigenvalue weighted by molar-refractivity contribution is -0.126. The van der Waals surface area contributed by atoms with Gasteiger partial charge >= 0.3 is 0 Å². The van der Waals surface area contributed by atoms with Gasteiger partial charge in [0.15, 0.2) is 0 Å². The van der Waals surface area contributed by atoms with Gasteiger partial charge in [-0.2, -0.15) is 4.31 Å². The Balaban J connectivity index is 2.25. The number of hydrogen-bond acceptors (Lipinski definition) is 4. The van der Waals surface area contributed by atoms with Crippen LogP contribution < -0.4 is 11.1 Å². The summed E-state index contributed by atoms with van der Waals surface area (Å²) in [6, 6.07) is 1.80. The molecule has 1 atom stereocenters. The molecule has 0 spiro atoms. The summed E-state index contributed by atoms with van der Waals surface area (Å²) in [6.45, 7) is 0.898. The largest absolute Gasteiger partial charge is 0.355 e. The summed E-state index contributed by atoms with van der Waals surface area (Å²) in [4.78, 5) is 11.7. The highest BCUT2D eigenvalue weighted by Gasteiger charge is 2.35. The zero-order chi connectivity index (χ0) is 17.9. The smallest absolute Gasteiger partial charge is 0.246 e. The molecule has 0 bridgehead atoms. The van der Waals surface area contributed by atoms with Crippen molar-refractivity contribution in [3.63, 3.8) is 0 Å². The molecule has 0 aliphatic carbocycles. The van der Waals surface area contributed by atoms with E-state index in [1.165, 1.54) is 0 Å². The summed E-state index contributed by atoms with van der Waals surface area (Å²) < 4.78 is 40.1. The molecule has 0 saturated carbocycles. The van der Waals surface area contributed by atoms with Gasteiger partial charge in [0.1, 0.15) is 10.7 Å². The van der Waals surface area contributed by atoms with E-state index >= 15 is 0 Å². The van der Waals surface area contributed by atoms with E-state index in [9.17, 15) is 17.6 Å². The second-order valence-electron chi connectivity index (χ2n) is 5.48. The van der Waals surface area contributed by atoms with Crippen LogP contribution in [0.25, 0.3) is 0 Å². The Bertz CT molecular complexity index is 707. The molecule has 24 heavy (non-hydrogen) atoms. The van der Waals surface area contributed by atoms with E-state index in [1.807, 2.05) is 0 Å². The number of nitrogens with one attached hydrogen (secondary N) is 1. The van der Waals surface area contributed by atoms with Gasteiger partial charge in [-0.3, -0.25) is 4.79 Å². The average molecular weight is 398 g/mol. The van der Waals surface area contributed by atoms with Crippen LogP contribution in [0.5, 0.6) is 0 Å². The first-order valence-corrected chi connectivity index (χ1v) is 9.59. The van der Waals surface area contributed by atoms with Gasteiger partial charge in [-0.15, -0.1) is 0 Å². The van der Waals surface area contributed by atoms with Gasteiger partial charge in [0.2, 0.25) is 15.9 Å². The highest BCUT2D eigenvalue weighted by atomic mass is 35.5. The maximum atomic E-state index is 13.3. The highest BCUT2D eigenvalue weighted by Crippen LogP contribution is 2.34. The van der Waals surface area contributed by atoms with Crippen molar-refractivity contribution < 1.29 is 17.6 Å². The van der Waals surface area contributed by atoms with Crippen molar-refractivity contribution in [3.05, 3.63) is 28.0 Å². The topological polar surface area (TPSA) is 92.5 Å². The minimum Gasteiger partial charge on any atom is -0.355 e. The number of halogens is 3. The first kappa shape index (κ1) is 19.4. The van der Waals surface area contributed by atoms with E-state index < -0.39 is 21.8 Å². The quantitative estimate of drug-likeness (QED) is 0.788. The summed E-state index contributed by atoms with van der Waals surface area (Å²) in [5.74, 6) is -1.43. The first-order chi connectivity index (χ1) is 11.3. The van der Waals surface area contributed by atoms with E-state index in [4.69, 9.17) is 28.9 Å². The highest BCUT2D eigenvalue weighted by molar-refractivity contribution is 7.89. The predicted octanol–water partition coefficient (Wildman–Crippen LogP) is 1.61. The molecule has 1 fully saturated rings. The average Bonchev–Trinajstić information content (AvgIpc) is 2.51. The van der Waals surface area contributed by atoms with Crippen molar-refractivity contribution in [2.45, 2.75) is 17.7 Å². The molecule has 10 heteroatoms. The molecule has 1 saturated heterocycles. The van der Waals surface area contributed by atoms with Crippen LogP contribution in [-0.2, 0) is 14.8 Å². The number of benzene rings is 1. The molecule has 1 unspecified atom stereocenters. The van der Waals surface area contributed by atoms with Crippen LogP contribution in [0.1, 0.15) is 12.8 Å². The van der Waals surface area contributed by atoms with Crippen molar-refractivity contribution in [2.75, 3.05) is 26.2 Å². The SMILES string of the molecule is NCCNC(=O)C1CCCN(S(=O)(=O)c2c(Cl)cc(F)cc2Cl)C1. The van der Waals surface area contributed by atoms with Gasteiger partial charge in [0.05, 0.1) is 16.0 Å². The number of nitrogens with zero attached hydrogens (tertiary/aromatic N) is 1. The van der Waals surface area contributed by atoms with Crippen molar-refractivity contribution in [1.29, 1.82) is 0 Å². The number of rotatable bonds is 5. The maximum Gasteiger partial charge on any atom is 0.246 e. The molecule has 0 radical (unpaired) electrons. The Kier molecular flexibility index (Phi) is 6.44. The minimum absolute atomic E-state index is 0.0166. The lowest BCUT2D eigenvalue weighted by Crippen LogP contribution is -2.46. The number of carbonyl (C=O) groups is 1. The van der Waals surface area contributed by atoms with Crippen LogP contribution in [0.4, 0.5) is 4.39 Å². The third-order valence-electron chi connectivity index (χ3n) is 3.76. The van der Waals surface area contributed by atoms with E-state index in [0.717, 1.165) is 16.4 Å². The number of sulfonamides is 1. The molecule has 3 N–H and O–H groups in total. The van der Waals surface area contributed by atoms with Gasteiger partial charge in [-0.25, -0.2) is 12.8 Å². The zero-order valence-corrected chi connectivity index (χ0v) is 15.1. The third-order valence-corrected chi connectivity index (χ3v) is 6.55. The summed E-state index contributed by atoms with van der Waals surface area (Å²) in [5, 5.41) is 2.09. The number of nitrogens with two attached hydrogens (primary N) is 1. The fourth-order valence-corrected chi connectivity index (χ4v) is 5.28. The Morgan fingerprint density at radius 2 is 2.00 bits per heavy atom. The molecule has 1 aliphatic heterocycles. The second-order valence-corrected chi connectivity index (χ2v) is 8.17. The molecule has 1 aromatic rings. The second kappa shape index (κ2) is 7.97. The normalized spacial score (nSPS) is 19.2. The molecule has 1 heterocycles. The molecular weight excluding hydrogens is 380 g/mol. The molecule has 0 aromatic heterocycles. The summed E-state index contributed by atoms with van der Waals surface area (Å²) in [6.07, 6.45) is 1.10. The Hall–Kier alpha value is -0.930. The van der Waals surface area contributed by atoms with Crippen LogP contribution in [-0.4, -0.2) is 44.8 Å². The zero-order valence-electron chi connectivity index (χ0n) is 12.8. The molecular formula is C14H18Cl2FN3O3S. The molecule has 134 valence electrons. The Morgan fingerprint density at radius 3 is 2.58 bits per heavy atom. The monoisotopic (exact) mass is 397 g/mol. The Morgan fingerprint density at radius 1 is 1.38 bits per heavy atom. The molecule has 1 aromatic carbocycles. The predicted molar refractivity (Wildman–Crippen MR) is 90.0 cm³/mol. The van der Waals surface area contributed by atoms with Crippen molar-refractivity contribution in [2.24, 2.45) is 11.7 Å². The van der Waals surface area contributed by atoms with Gasteiger partial charge < -0.3 is 11.1 Å². The van der Waals surface area contributed by atoms with E-state index in [0.29, 0.717) is 25.9 Å².